The summed E-state index contributed by atoms with van der Waals surface area (Å²) in [6.07, 6.45) is 3.98. The van der Waals surface area contributed by atoms with E-state index in [2.05, 4.69) is 20.1 Å². The Morgan fingerprint density at radius 2 is 2.28 bits per heavy atom. The molecular weight excluding hydrogens is 356 g/mol. The largest absolute Gasteiger partial charge is 0.467 e. The minimum absolute atomic E-state index is 0.000999. The Morgan fingerprint density at radius 3 is 3.00 bits per heavy atom. The van der Waals surface area contributed by atoms with Gasteiger partial charge in [0.1, 0.15) is 11.6 Å². The molecule has 25 heavy (non-hydrogen) atoms. The first-order valence-electron chi connectivity index (χ1n) is 8.17. The van der Waals surface area contributed by atoms with Crippen molar-refractivity contribution in [3.63, 3.8) is 0 Å². The minimum atomic E-state index is -0.000999. The SMILES string of the molecule is O=C(CSc1nnc(C2CC2)n1Cc1ccco1)NCc1cccs1. The van der Waals surface area contributed by atoms with Crippen LogP contribution in [-0.2, 0) is 17.9 Å². The van der Waals surface area contributed by atoms with Gasteiger partial charge in [0.25, 0.3) is 0 Å². The molecule has 0 spiro atoms. The van der Waals surface area contributed by atoms with Crippen molar-refractivity contribution < 1.29 is 9.21 Å². The van der Waals surface area contributed by atoms with Gasteiger partial charge in [0, 0.05) is 10.8 Å². The van der Waals surface area contributed by atoms with E-state index in [4.69, 9.17) is 4.42 Å². The number of thiophene rings is 1. The number of furan rings is 1. The third kappa shape index (κ3) is 4.13. The predicted octanol–water partition coefficient (Wildman–Crippen LogP) is 3.27. The molecule has 130 valence electrons. The summed E-state index contributed by atoms with van der Waals surface area (Å²) in [6, 6.07) is 7.82. The van der Waals surface area contributed by atoms with Crippen LogP contribution in [-0.4, -0.2) is 26.4 Å². The van der Waals surface area contributed by atoms with Crippen molar-refractivity contribution in [1.82, 2.24) is 20.1 Å². The number of carbonyl (C=O) groups excluding carboxylic acids is 1. The van der Waals surface area contributed by atoms with Crippen molar-refractivity contribution in [3.05, 3.63) is 52.4 Å². The summed E-state index contributed by atoms with van der Waals surface area (Å²) in [5.74, 6) is 2.68. The zero-order valence-corrected chi connectivity index (χ0v) is 15.2. The first-order valence-corrected chi connectivity index (χ1v) is 10.0. The summed E-state index contributed by atoms with van der Waals surface area (Å²) in [5, 5.41) is 14.4. The van der Waals surface area contributed by atoms with E-state index in [0.29, 0.717) is 24.8 Å². The van der Waals surface area contributed by atoms with Gasteiger partial charge in [-0.3, -0.25) is 9.36 Å². The maximum atomic E-state index is 12.1. The smallest absolute Gasteiger partial charge is 0.230 e. The first-order chi connectivity index (χ1) is 12.3. The lowest BCUT2D eigenvalue weighted by atomic mass is 10.3. The average molecular weight is 374 g/mol. The van der Waals surface area contributed by atoms with Crippen molar-refractivity contribution in [2.24, 2.45) is 0 Å². The van der Waals surface area contributed by atoms with Crippen LogP contribution in [0.15, 0.2) is 45.5 Å². The molecule has 1 aliphatic carbocycles. The van der Waals surface area contributed by atoms with Crippen LogP contribution in [0.2, 0.25) is 0 Å². The summed E-state index contributed by atoms with van der Waals surface area (Å²) in [5.41, 5.74) is 0. The monoisotopic (exact) mass is 374 g/mol. The first kappa shape index (κ1) is 16.4. The van der Waals surface area contributed by atoms with Crippen molar-refractivity contribution in [2.75, 3.05) is 5.75 Å². The quantitative estimate of drug-likeness (QED) is 0.613. The van der Waals surface area contributed by atoms with E-state index in [1.54, 1.807) is 17.6 Å². The second-order valence-electron chi connectivity index (χ2n) is 5.93. The van der Waals surface area contributed by atoms with Gasteiger partial charge in [-0.25, -0.2) is 0 Å². The van der Waals surface area contributed by atoms with Crippen molar-refractivity contribution >= 4 is 29.0 Å². The molecule has 6 nitrogen and oxygen atoms in total. The Labute approximate surface area is 153 Å². The van der Waals surface area contributed by atoms with Gasteiger partial charge >= 0.3 is 0 Å². The van der Waals surface area contributed by atoms with Crippen molar-refractivity contribution in [3.8, 4) is 0 Å². The van der Waals surface area contributed by atoms with Gasteiger partial charge in [-0.05, 0) is 36.4 Å². The van der Waals surface area contributed by atoms with E-state index in [-0.39, 0.29) is 5.91 Å². The molecule has 3 aromatic heterocycles. The fraction of sp³-hybridized carbons (Fsp3) is 0.353. The number of carbonyl (C=O) groups is 1. The third-order valence-electron chi connectivity index (χ3n) is 3.95. The number of hydrogen-bond donors (Lipinski definition) is 1. The van der Waals surface area contributed by atoms with Crippen LogP contribution in [0.5, 0.6) is 0 Å². The molecule has 0 saturated heterocycles. The minimum Gasteiger partial charge on any atom is -0.467 e. The maximum Gasteiger partial charge on any atom is 0.230 e. The topological polar surface area (TPSA) is 73.0 Å². The van der Waals surface area contributed by atoms with Gasteiger partial charge in [-0.2, -0.15) is 0 Å². The van der Waals surface area contributed by atoms with Gasteiger partial charge < -0.3 is 9.73 Å². The molecule has 0 atom stereocenters. The van der Waals surface area contributed by atoms with Crippen molar-refractivity contribution in [1.29, 1.82) is 0 Å². The zero-order valence-electron chi connectivity index (χ0n) is 13.6. The van der Waals surface area contributed by atoms with Crippen LogP contribution >= 0.6 is 23.1 Å². The normalized spacial score (nSPS) is 13.9. The lowest BCUT2D eigenvalue weighted by molar-refractivity contribution is -0.118. The van der Waals surface area contributed by atoms with E-state index >= 15 is 0 Å². The Balaban J connectivity index is 1.38. The van der Waals surface area contributed by atoms with Crippen molar-refractivity contribution in [2.45, 2.75) is 37.0 Å². The Bertz CT molecular complexity index is 823. The van der Waals surface area contributed by atoms with Gasteiger partial charge in [-0.1, -0.05) is 17.8 Å². The molecule has 1 fully saturated rings. The van der Waals surface area contributed by atoms with Gasteiger partial charge in [-0.15, -0.1) is 21.5 Å². The summed E-state index contributed by atoms with van der Waals surface area (Å²) in [7, 11) is 0. The summed E-state index contributed by atoms with van der Waals surface area (Å²) in [6.45, 7) is 1.18. The predicted molar refractivity (Wildman–Crippen MR) is 96.7 cm³/mol. The fourth-order valence-electron chi connectivity index (χ4n) is 2.54. The van der Waals surface area contributed by atoms with E-state index < -0.39 is 0 Å². The van der Waals surface area contributed by atoms with Gasteiger partial charge in [0.2, 0.25) is 5.91 Å². The molecule has 0 bridgehead atoms. The summed E-state index contributed by atoms with van der Waals surface area (Å²) in [4.78, 5) is 13.2. The highest BCUT2D eigenvalue weighted by atomic mass is 32.2. The molecule has 4 rings (SSSR count). The van der Waals surface area contributed by atoms with Crippen LogP contribution in [0.1, 0.15) is 35.2 Å². The van der Waals surface area contributed by atoms with Crippen LogP contribution in [0, 0.1) is 0 Å². The summed E-state index contributed by atoms with van der Waals surface area (Å²) < 4.78 is 7.54. The van der Waals surface area contributed by atoms with E-state index in [1.807, 2.05) is 29.6 Å². The highest BCUT2D eigenvalue weighted by molar-refractivity contribution is 7.99. The molecule has 3 heterocycles. The maximum absolute atomic E-state index is 12.1. The molecular formula is C17H18N4O2S2. The van der Waals surface area contributed by atoms with Crippen LogP contribution in [0.4, 0.5) is 0 Å². The third-order valence-corrected chi connectivity index (χ3v) is 5.80. The zero-order chi connectivity index (χ0) is 17.1. The van der Waals surface area contributed by atoms with E-state index in [1.165, 1.54) is 11.8 Å². The Kier molecular flexibility index (Phi) is 4.89. The Morgan fingerprint density at radius 1 is 1.36 bits per heavy atom. The number of rotatable bonds is 8. The second kappa shape index (κ2) is 7.45. The lowest BCUT2D eigenvalue weighted by Gasteiger charge is -2.08. The number of thioether (sulfide) groups is 1. The summed E-state index contributed by atoms with van der Waals surface area (Å²) >= 11 is 3.06. The second-order valence-corrected chi connectivity index (χ2v) is 7.90. The van der Waals surface area contributed by atoms with Gasteiger partial charge in [0.15, 0.2) is 5.16 Å². The standard InChI is InChI=1S/C17H18N4O2S2/c22-15(18-9-14-4-2-8-24-14)11-25-17-20-19-16(12-5-6-12)21(17)10-13-3-1-7-23-13/h1-4,7-8,12H,5-6,9-11H2,(H,18,22). The highest BCUT2D eigenvalue weighted by Crippen LogP contribution is 2.40. The van der Waals surface area contributed by atoms with Crippen LogP contribution in [0.25, 0.3) is 0 Å². The number of aromatic nitrogens is 3. The molecule has 0 aromatic carbocycles. The van der Waals surface area contributed by atoms with E-state index in [9.17, 15) is 4.79 Å². The molecule has 3 aromatic rings. The van der Waals surface area contributed by atoms with E-state index in [0.717, 1.165) is 34.5 Å². The highest BCUT2D eigenvalue weighted by Gasteiger charge is 2.30. The number of hydrogen-bond acceptors (Lipinski definition) is 6. The molecule has 0 aliphatic heterocycles. The molecule has 1 aliphatic rings. The molecule has 1 saturated carbocycles. The molecule has 1 N–H and O–H groups in total. The number of nitrogens with zero attached hydrogens (tertiary/aromatic N) is 3. The van der Waals surface area contributed by atoms with Crippen LogP contribution in [0.3, 0.4) is 0 Å². The number of nitrogens with one attached hydrogen (secondary N) is 1. The molecule has 8 heteroatoms. The van der Waals surface area contributed by atoms with Crippen LogP contribution < -0.4 is 5.32 Å². The molecule has 1 amide bonds. The van der Waals surface area contributed by atoms with Gasteiger partial charge in [0.05, 0.1) is 25.1 Å². The fourth-order valence-corrected chi connectivity index (χ4v) is 3.96. The lowest BCUT2D eigenvalue weighted by Crippen LogP contribution is -2.24. The Hall–Kier alpha value is -2.06. The number of amides is 1. The molecule has 0 unspecified atom stereocenters. The molecule has 0 radical (unpaired) electrons. The average Bonchev–Trinajstić information content (AvgIpc) is 3.05.